The van der Waals surface area contributed by atoms with Crippen LogP contribution < -0.4 is 10.6 Å². The number of hydrogen-bond donors (Lipinski definition) is 2. The van der Waals surface area contributed by atoms with Gasteiger partial charge in [-0.15, -0.1) is 0 Å². The Morgan fingerprint density at radius 3 is 2.81 bits per heavy atom. The highest BCUT2D eigenvalue weighted by Crippen LogP contribution is 2.26. The topological polar surface area (TPSA) is 71.1 Å². The first kappa shape index (κ1) is 17.2. The Balaban J connectivity index is 1.55. The van der Waals surface area contributed by atoms with E-state index in [-0.39, 0.29) is 18.2 Å². The summed E-state index contributed by atoms with van der Waals surface area (Å²) in [7, 11) is 0. The first-order valence-corrected chi connectivity index (χ1v) is 9.09. The first-order valence-electron chi connectivity index (χ1n) is 9.09. The number of aryl methyl sites for hydroxylation is 3. The number of para-hydroxylation sites is 1. The van der Waals surface area contributed by atoms with Gasteiger partial charge < -0.3 is 10.6 Å². The molecule has 0 atom stereocenters. The van der Waals surface area contributed by atoms with Gasteiger partial charge in [-0.1, -0.05) is 18.2 Å². The molecule has 2 N–H and O–H groups in total. The molecule has 27 heavy (non-hydrogen) atoms. The third-order valence-electron chi connectivity index (χ3n) is 5.11. The molecule has 1 aliphatic rings. The Kier molecular flexibility index (Phi) is 4.36. The molecule has 2 aromatic carbocycles. The number of carbonyl (C=O) groups excluding carboxylic acids is 2. The molecule has 3 aromatic rings. The van der Waals surface area contributed by atoms with Crippen LogP contribution in [0.25, 0.3) is 10.9 Å². The molecule has 0 saturated heterocycles. The number of hydrogen-bond acceptors (Lipinski definition) is 3. The van der Waals surface area contributed by atoms with Crippen molar-refractivity contribution in [2.24, 2.45) is 0 Å². The molecule has 1 aliphatic heterocycles. The van der Waals surface area contributed by atoms with Crippen LogP contribution in [-0.2, 0) is 22.4 Å². The second-order valence-corrected chi connectivity index (χ2v) is 6.96. The van der Waals surface area contributed by atoms with Crippen molar-refractivity contribution in [3.8, 4) is 0 Å². The average molecular weight is 359 g/mol. The van der Waals surface area contributed by atoms with E-state index in [1.54, 1.807) is 0 Å². The zero-order chi connectivity index (χ0) is 19.0. The minimum absolute atomic E-state index is 0.0361. The van der Waals surface area contributed by atoms with Crippen LogP contribution in [-0.4, -0.2) is 16.8 Å². The summed E-state index contributed by atoms with van der Waals surface area (Å²) in [5.74, 6) is -0.0351. The molecule has 5 nitrogen and oxygen atoms in total. The molecule has 0 aliphatic carbocycles. The minimum atomic E-state index is -0.0712. The van der Waals surface area contributed by atoms with Gasteiger partial charge in [0, 0.05) is 28.9 Å². The highest BCUT2D eigenvalue weighted by atomic mass is 16.2. The summed E-state index contributed by atoms with van der Waals surface area (Å²) in [5, 5.41) is 6.91. The van der Waals surface area contributed by atoms with Crippen molar-refractivity contribution >= 4 is 34.1 Å². The van der Waals surface area contributed by atoms with E-state index in [9.17, 15) is 9.59 Å². The number of aromatic nitrogens is 1. The number of anilines is 2. The zero-order valence-electron chi connectivity index (χ0n) is 15.4. The average Bonchev–Trinajstić information content (AvgIpc) is 2.65. The van der Waals surface area contributed by atoms with Gasteiger partial charge in [0.05, 0.1) is 11.9 Å². The van der Waals surface area contributed by atoms with E-state index in [1.165, 1.54) is 0 Å². The van der Waals surface area contributed by atoms with Crippen molar-refractivity contribution in [3.05, 3.63) is 64.8 Å². The molecule has 2 heterocycles. The van der Waals surface area contributed by atoms with Gasteiger partial charge in [0.15, 0.2) is 0 Å². The first-order chi connectivity index (χ1) is 13.0. The lowest BCUT2D eigenvalue weighted by Gasteiger charge is -2.18. The third kappa shape index (κ3) is 3.40. The molecule has 0 fully saturated rings. The molecule has 4 rings (SSSR count). The minimum Gasteiger partial charge on any atom is -0.326 e. The summed E-state index contributed by atoms with van der Waals surface area (Å²) in [6.07, 6.45) is 1.45. The van der Waals surface area contributed by atoms with Gasteiger partial charge in [-0.3, -0.25) is 14.6 Å². The fraction of sp³-hybridized carbons (Fsp3) is 0.227. The van der Waals surface area contributed by atoms with Crippen molar-refractivity contribution in [1.82, 2.24) is 4.98 Å². The van der Waals surface area contributed by atoms with Gasteiger partial charge in [-0.05, 0) is 61.2 Å². The number of pyridine rings is 1. The lowest BCUT2D eigenvalue weighted by Crippen LogP contribution is -2.20. The zero-order valence-corrected chi connectivity index (χ0v) is 15.4. The highest BCUT2D eigenvalue weighted by molar-refractivity contribution is 5.96. The maximum atomic E-state index is 12.6. The van der Waals surface area contributed by atoms with E-state index in [1.807, 2.05) is 56.3 Å². The fourth-order valence-corrected chi connectivity index (χ4v) is 3.66. The number of carbonyl (C=O) groups is 2. The molecule has 5 heteroatoms. The van der Waals surface area contributed by atoms with Crippen LogP contribution in [0.3, 0.4) is 0 Å². The molecule has 0 unspecified atom stereocenters. The van der Waals surface area contributed by atoms with Crippen molar-refractivity contribution in [3.63, 3.8) is 0 Å². The summed E-state index contributed by atoms with van der Waals surface area (Å²) in [6.45, 7) is 3.99. The van der Waals surface area contributed by atoms with E-state index in [4.69, 9.17) is 0 Å². The van der Waals surface area contributed by atoms with Gasteiger partial charge >= 0.3 is 0 Å². The molecule has 0 bridgehead atoms. The van der Waals surface area contributed by atoms with E-state index in [2.05, 4.69) is 15.6 Å². The van der Waals surface area contributed by atoms with Crippen LogP contribution in [0.2, 0.25) is 0 Å². The normalized spacial score (nSPS) is 13.2. The Morgan fingerprint density at radius 2 is 1.96 bits per heavy atom. The van der Waals surface area contributed by atoms with Crippen molar-refractivity contribution in [1.29, 1.82) is 0 Å². The fourth-order valence-electron chi connectivity index (χ4n) is 3.66. The maximum absolute atomic E-state index is 12.6. The van der Waals surface area contributed by atoms with Crippen molar-refractivity contribution in [2.45, 2.75) is 33.1 Å². The van der Waals surface area contributed by atoms with Gasteiger partial charge in [-0.2, -0.15) is 0 Å². The largest absolute Gasteiger partial charge is 0.326 e. The van der Waals surface area contributed by atoms with E-state index < -0.39 is 0 Å². The number of nitrogens with one attached hydrogen (secondary N) is 2. The third-order valence-corrected chi connectivity index (χ3v) is 5.11. The molecule has 2 amide bonds. The SMILES string of the molecule is Cc1nc2ccccc2c(C)c1CC(=O)Nc1ccc2c(c1)CCC(=O)N2. The lowest BCUT2D eigenvalue weighted by atomic mass is 9.99. The molecule has 0 spiro atoms. The number of rotatable bonds is 3. The van der Waals surface area contributed by atoms with Crippen LogP contribution in [0.5, 0.6) is 0 Å². The van der Waals surface area contributed by atoms with Crippen LogP contribution in [0, 0.1) is 13.8 Å². The van der Waals surface area contributed by atoms with Crippen LogP contribution in [0.15, 0.2) is 42.5 Å². The molecule has 0 saturated carbocycles. The Morgan fingerprint density at radius 1 is 1.15 bits per heavy atom. The van der Waals surface area contributed by atoms with Crippen LogP contribution >= 0.6 is 0 Å². The van der Waals surface area contributed by atoms with Gasteiger partial charge in [0.2, 0.25) is 11.8 Å². The lowest BCUT2D eigenvalue weighted by molar-refractivity contribution is -0.117. The van der Waals surface area contributed by atoms with E-state index in [0.717, 1.165) is 44.7 Å². The van der Waals surface area contributed by atoms with Gasteiger partial charge in [-0.25, -0.2) is 0 Å². The van der Waals surface area contributed by atoms with Crippen LogP contribution in [0.1, 0.15) is 28.8 Å². The van der Waals surface area contributed by atoms with E-state index >= 15 is 0 Å². The molecule has 0 radical (unpaired) electrons. The monoisotopic (exact) mass is 359 g/mol. The predicted octanol–water partition coefficient (Wildman–Crippen LogP) is 3.92. The van der Waals surface area contributed by atoms with Gasteiger partial charge in [0.1, 0.15) is 0 Å². The highest BCUT2D eigenvalue weighted by Gasteiger charge is 2.16. The summed E-state index contributed by atoms with van der Waals surface area (Å²) in [4.78, 5) is 28.7. The number of benzene rings is 2. The van der Waals surface area contributed by atoms with Gasteiger partial charge in [0.25, 0.3) is 0 Å². The Bertz CT molecular complexity index is 1070. The van der Waals surface area contributed by atoms with Crippen molar-refractivity contribution < 1.29 is 9.59 Å². The molecular weight excluding hydrogens is 338 g/mol. The summed E-state index contributed by atoms with van der Waals surface area (Å²) < 4.78 is 0. The maximum Gasteiger partial charge on any atom is 0.228 e. The summed E-state index contributed by atoms with van der Waals surface area (Å²) >= 11 is 0. The Labute approximate surface area is 157 Å². The quantitative estimate of drug-likeness (QED) is 0.745. The molecule has 1 aromatic heterocycles. The predicted molar refractivity (Wildman–Crippen MR) is 107 cm³/mol. The second-order valence-electron chi connectivity index (χ2n) is 6.96. The molecule has 136 valence electrons. The van der Waals surface area contributed by atoms with Crippen LogP contribution in [0.4, 0.5) is 11.4 Å². The second kappa shape index (κ2) is 6.83. The van der Waals surface area contributed by atoms with E-state index in [0.29, 0.717) is 12.8 Å². The Hall–Kier alpha value is -3.21. The standard InChI is InChI=1S/C22H21N3O2/c1-13-17-5-3-4-6-20(17)23-14(2)18(13)12-22(27)24-16-8-9-19-15(11-16)7-10-21(26)25-19/h3-6,8-9,11H,7,10,12H2,1-2H3,(H,24,27)(H,25,26). The smallest absolute Gasteiger partial charge is 0.228 e. The number of nitrogens with zero attached hydrogens (tertiary/aromatic N) is 1. The number of fused-ring (bicyclic) bond motifs is 2. The summed E-state index contributed by atoms with van der Waals surface area (Å²) in [6, 6.07) is 13.6. The number of amides is 2. The summed E-state index contributed by atoms with van der Waals surface area (Å²) in [5.41, 5.74) is 6.53. The molecular formula is C22H21N3O2. The van der Waals surface area contributed by atoms with Crippen molar-refractivity contribution in [2.75, 3.05) is 10.6 Å².